The summed E-state index contributed by atoms with van der Waals surface area (Å²) in [6.45, 7) is 2.09. The van der Waals surface area contributed by atoms with Crippen LogP contribution >= 0.6 is 11.8 Å². The molecule has 0 spiro atoms. The molecule has 2 aliphatic rings. The van der Waals surface area contributed by atoms with Crippen LogP contribution in [0, 0.1) is 5.82 Å². The molecule has 18 heavy (non-hydrogen) atoms. The lowest BCUT2D eigenvalue weighted by molar-refractivity contribution is 0.239. The van der Waals surface area contributed by atoms with E-state index in [4.69, 9.17) is 5.10 Å². The van der Waals surface area contributed by atoms with Crippen molar-refractivity contribution in [3.63, 3.8) is 0 Å². The second kappa shape index (κ2) is 5.31. The first-order valence-corrected chi connectivity index (χ1v) is 7.57. The van der Waals surface area contributed by atoms with E-state index in [-0.39, 0.29) is 5.82 Å². The molecule has 0 aromatic heterocycles. The number of hydrogen-bond acceptors (Lipinski definition) is 3. The van der Waals surface area contributed by atoms with E-state index in [1.54, 1.807) is 17.8 Å². The summed E-state index contributed by atoms with van der Waals surface area (Å²) in [6.07, 6.45) is 4.70. The monoisotopic (exact) mass is 264 g/mol. The van der Waals surface area contributed by atoms with Gasteiger partial charge in [0.25, 0.3) is 0 Å². The summed E-state index contributed by atoms with van der Waals surface area (Å²) in [5, 5.41) is 6.90. The van der Waals surface area contributed by atoms with Gasteiger partial charge in [-0.3, -0.25) is 5.01 Å². The fourth-order valence-electron chi connectivity index (χ4n) is 2.52. The molecular weight excluding hydrogens is 247 g/mol. The molecule has 0 unspecified atom stereocenters. The molecule has 0 bridgehead atoms. The zero-order valence-electron chi connectivity index (χ0n) is 10.4. The van der Waals surface area contributed by atoms with Gasteiger partial charge in [-0.15, -0.1) is 11.8 Å². The third kappa shape index (κ3) is 2.39. The van der Waals surface area contributed by atoms with Crippen molar-refractivity contribution in [2.45, 2.75) is 30.6 Å². The molecule has 1 fully saturated rings. The van der Waals surface area contributed by atoms with Gasteiger partial charge in [-0.05, 0) is 25.3 Å². The second-order valence-electron chi connectivity index (χ2n) is 4.78. The van der Waals surface area contributed by atoms with Crippen LogP contribution in [0.4, 0.5) is 4.39 Å². The summed E-state index contributed by atoms with van der Waals surface area (Å²) in [4.78, 5) is 0.777. The highest BCUT2D eigenvalue weighted by atomic mass is 32.2. The van der Waals surface area contributed by atoms with Crippen molar-refractivity contribution in [1.82, 2.24) is 5.01 Å². The Morgan fingerprint density at radius 2 is 2.00 bits per heavy atom. The Kier molecular flexibility index (Phi) is 3.55. The average molecular weight is 264 g/mol. The number of halogens is 1. The van der Waals surface area contributed by atoms with Crippen molar-refractivity contribution in [2.24, 2.45) is 5.10 Å². The molecule has 0 atom stereocenters. The van der Waals surface area contributed by atoms with E-state index in [0.717, 1.165) is 41.4 Å². The molecule has 1 aromatic rings. The molecule has 0 amide bonds. The van der Waals surface area contributed by atoms with Crippen molar-refractivity contribution in [2.75, 3.05) is 18.8 Å². The molecule has 0 saturated carbocycles. The van der Waals surface area contributed by atoms with Crippen LogP contribution in [0.15, 0.2) is 28.2 Å². The number of hydrogen-bond donors (Lipinski definition) is 0. The SMILES string of the molecule is Fc1cccc2c1SCC/C2=N\N1CCCCC1. The summed E-state index contributed by atoms with van der Waals surface area (Å²) < 4.78 is 13.7. The third-order valence-electron chi connectivity index (χ3n) is 3.46. The van der Waals surface area contributed by atoms with Gasteiger partial charge in [0, 0.05) is 30.8 Å². The zero-order valence-corrected chi connectivity index (χ0v) is 11.2. The smallest absolute Gasteiger partial charge is 0.137 e. The first kappa shape index (κ1) is 12.0. The Morgan fingerprint density at radius 1 is 1.17 bits per heavy atom. The topological polar surface area (TPSA) is 15.6 Å². The van der Waals surface area contributed by atoms with Gasteiger partial charge < -0.3 is 0 Å². The van der Waals surface area contributed by atoms with Crippen molar-refractivity contribution >= 4 is 17.5 Å². The zero-order chi connectivity index (χ0) is 12.4. The van der Waals surface area contributed by atoms with Crippen molar-refractivity contribution in [3.05, 3.63) is 29.6 Å². The molecule has 2 aliphatic heterocycles. The van der Waals surface area contributed by atoms with Crippen LogP contribution in [0.2, 0.25) is 0 Å². The molecule has 2 nitrogen and oxygen atoms in total. The summed E-state index contributed by atoms with van der Waals surface area (Å²) >= 11 is 1.61. The standard InChI is InChI=1S/C14H17FN2S/c15-12-6-4-5-11-13(7-10-18-14(11)12)16-17-8-2-1-3-9-17/h4-6H,1-3,7-10H2/b16-13+. The largest absolute Gasteiger partial charge is 0.297 e. The highest BCUT2D eigenvalue weighted by molar-refractivity contribution is 7.99. The van der Waals surface area contributed by atoms with E-state index < -0.39 is 0 Å². The lowest BCUT2D eigenvalue weighted by atomic mass is 10.1. The van der Waals surface area contributed by atoms with Crippen molar-refractivity contribution < 1.29 is 4.39 Å². The molecule has 1 aromatic carbocycles. The van der Waals surface area contributed by atoms with E-state index >= 15 is 0 Å². The van der Waals surface area contributed by atoms with Crippen LogP contribution in [-0.2, 0) is 0 Å². The molecular formula is C14H17FN2S. The Hall–Kier alpha value is -1.03. The molecule has 96 valence electrons. The van der Waals surface area contributed by atoms with Crippen LogP contribution in [0.25, 0.3) is 0 Å². The highest BCUT2D eigenvalue weighted by Crippen LogP contribution is 2.32. The molecule has 0 aliphatic carbocycles. The average Bonchev–Trinajstić information content (AvgIpc) is 2.41. The lowest BCUT2D eigenvalue weighted by Gasteiger charge is -2.26. The molecule has 0 radical (unpaired) electrons. The number of nitrogens with zero attached hydrogens (tertiary/aromatic N) is 2. The van der Waals surface area contributed by atoms with Crippen LogP contribution in [0.3, 0.4) is 0 Å². The highest BCUT2D eigenvalue weighted by Gasteiger charge is 2.20. The third-order valence-corrected chi connectivity index (χ3v) is 4.57. The molecule has 4 heteroatoms. The summed E-state index contributed by atoms with van der Waals surface area (Å²) in [5.41, 5.74) is 2.06. The summed E-state index contributed by atoms with van der Waals surface area (Å²) in [7, 11) is 0. The van der Waals surface area contributed by atoms with Gasteiger partial charge in [0.15, 0.2) is 0 Å². The van der Waals surface area contributed by atoms with Gasteiger partial charge in [-0.1, -0.05) is 12.1 Å². The van der Waals surface area contributed by atoms with Gasteiger partial charge in [0.1, 0.15) is 5.82 Å². The van der Waals surface area contributed by atoms with Crippen molar-refractivity contribution in [1.29, 1.82) is 0 Å². The van der Waals surface area contributed by atoms with Crippen molar-refractivity contribution in [3.8, 4) is 0 Å². The summed E-state index contributed by atoms with van der Waals surface area (Å²) in [5.74, 6) is 0.823. The first-order chi connectivity index (χ1) is 8.84. The van der Waals surface area contributed by atoms with Crippen LogP contribution < -0.4 is 0 Å². The lowest BCUT2D eigenvalue weighted by Crippen LogP contribution is -2.27. The number of rotatable bonds is 1. The molecule has 2 heterocycles. The summed E-state index contributed by atoms with van der Waals surface area (Å²) in [6, 6.07) is 5.31. The fraction of sp³-hybridized carbons (Fsp3) is 0.500. The minimum atomic E-state index is -0.108. The van der Waals surface area contributed by atoms with Gasteiger partial charge in [0.2, 0.25) is 0 Å². The first-order valence-electron chi connectivity index (χ1n) is 6.59. The predicted octanol–water partition coefficient (Wildman–Crippen LogP) is 3.51. The molecule has 3 rings (SSSR count). The number of piperidine rings is 1. The Bertz CT molecular complexity index is 467. The fourth-order valence-corrected chi connectivity index (χ4v) is 3.57. The van der Waals surface area contributed by atoms with Crippen LogP contribution in [0.5, 0.6) is 0 Å². The Balaban J connectivity index is 1.90. The normalized spacial score (nSPS) is 22.1. The van der Waals surface area contributed by atoms with E-state index in [1.165, 1.54) is 25.3 Å². The minimum Gasteiger partial charge on any atom is -0.297 e. The van der Waals surface area contributed by atoms with E-state index in [0.29, 0.717) is 0 Å². The Labute approximate surface area is 111 Å². The van der Waals surface area contributed by atoms with Gasteiger partial charge in [-0.2, -0.15) is 5.10 Å². The molecule has 1 saturated heterocycles. The number of benzene rings is 1. The number of hydrazone groups is 1. The molecule has 0 N–H and O–H groups in total. The second-order valence-corrected chi connectivity index (χ2v) is 5.88. The Morgan fingerprint density at radius 3 is 2.83 bits per heavy atom. The maximum Gasteiger partial charge on any atom is 0.137 e. The minimum absolute atomic E-state index is 0.108. The number of thioether (sulfide) groups is 1. The quantitative estimate of drug-likeness (QED) is 0.771. The predicted molar refractivity (Wildman–Crippen MR) is 73.7 cm³/mol. The van der Waals surface area contributed by atoms with Crippen LogP contribution in [-0.4, -0.2) is 29.6 Å². The van der Waals surface area contributed by atoms with E-state index in [9.17, 15) is 4.39 Å². The maximum atomic E-state index is 13.7. The van der Waals surface area contributed by atoms with Gasteiger partial charge >= 0.3 is 0 Å². The maximum absolute atomic E-state index is 13.7. The van der Waals surface area contributed by atoms with Gasteiger partial charge in [0.05, 0.1) is 10.6 Å². The van der Waals surface area contributed by atoms with E-state index in [2.05, 4.69) is 5.01 Å². The van der Waals surface area contributed by atoms with Gasteiger partial charge in [-0.25, -0.2) is 4.39 Å². The number of fused-ring (bicyclic) bond motifs is 1. The van der Waals surface area contributed by atoms with E-state index in [1.807, 2.05) is 6.07 Å². The van der Waals surface area contributed by atoms with Crippen LogP contribution in [0.1, 0.15) is 31.2 Å².